The summed E-state index contributed by atoms with van der Waals surface area (Å²) in [7, 11) is 0. The van der Waals surface area contributed by atoms with Gasteiger partial charge < -0.3 is 4.42 Å². The number of fused-ring (bicyclic) bond motifs is 1. The van der Waals surface area contributed by atoms with Crippen LogP contribution in [0.4, 0.5) is 0 Å². The lowest BCUT2D eigenvalue weighted by Crippen LogP contribution is -2.06. The van der Waals surface area contributed by atoms with Crippen LogP contribution in [0.1, 0.15) is 22.3 Å². The molecule has 0 atom stereocenters. The van der Waals surface area contributed by atoms with Crippen LogP contribution in [0.3, 0.4) is 0 Å². The molecule has 0 radical (unpaired) electrons. The van der Waals surface area contributed by atoms with Crippen molar-refractivity contribution in [1.82, 2.24) is 0 Å². The van der Waals surface area contributed by atoms with Crippen LogP contribution in [0, 0.1) is 18.3 Å². The predicted octanol–water partition coefficient (Wildman–Crippen LogP) is 4.87. The molecule has 0 saturated carbocycles. The highest BCUT2D eigenvalue weighted by molar-refractivity contribution is 7.98. The van der Waals surface area contributed by atoms with Gasteiger partial charge in [0, 0.05) is 15.8 Å². The number of nitriles is 1. The molecule has 1 aromatic heterocycles. The average Bonchev–Trinajstić information content (AvgIpc) is 2.60. The summed E-state index contributed by atoms with van der Waals surface area (Å²) in [5, 5.41) is 10.1. The van der Waals surface area contributed by atoms with E-state index in [0.717, 1.165) is 16.5 Å². The van der Waals surface area contributed by atoms with E-state index in [1.165, 1.54) is 4.90 Å². The Morgan fingerprint density at radius 3 is 2.54 bits per heavy atom. The van der Waals surface area contributed by atoms with Crippen molar-refractivity contribution >= 4 is 34.9 Å². The standard InChI is InChI=1S/C20H15NO2S/c1-13-3-10-19-17(11-13)16(18(12-21)20(22)23-19)9-6-14-4-7-15(24-2)8-5-14/h3-11H,1-2H3/b9-6+. The second kappa shape index (κ2) is 6.77. The summed E-state index contributed by atoms with van der Waals surface area (Å²) in [5.74, 6) is 0. The lowest BCUT2D eigenvalue weighted by molar-refractivity contribution is 0.558. The van der Waals surface area contributed by atoms with Gasteiger partial charge in [-0.1, -0.05) is 35.9 Å². The number of nitrogens with zero attached hydrogens (tertiary/aromatic N) is 1. The molecule has 4 heteroatoms. The maximum atomic E-state index is 12.0. The molecule has 0 bridgehead atoms. The first kappa shape index (κ1) is 16.1. The fourth-order valence-corrected chi connectivity index (χ4v) is 2.92. The first-order valence-corrected chi connectivity index (χ1v) is 8.64. The van der Waals surface area contributed by atoms with Crippen LogP contribution in [-0.2, 0) is 0 Å². The molecule has 24 heavy (non-hydrogen) atoms. The van der Waals surface area contributed by atoms with Gasteiger partial charge in [-0.05, 0) is 43.0 Å². The van der Waals surface area contributed by atoms with Crippen molar-refractivity contribution < 1.29 is 4.42 Å². The number of hydrogen-bond donors (Lipinski definition) is 0. The molecule has 2 aromatic carbocycles. The van der Waals surface area contributed by atoms with Gasteiger partial charge in [-0.15, -0.1) is 11.8 Å². The Labute approximate surface area is 144 Å². The largest absolute Gasteiger partial charge is 0.422 e. The molecule has 3 aromatic rings. The van der Waals surface area contributed by atoms with Crippen molar-refractivity contribution in [2.24, 2.45) is 0 Å². The maximum Gasteiger partial charge on any atom is 0.354 e. The molecule has 0 unspecified atom stereocenters. The van der Waals surface area contributed by atoms with Crippen molar-refractivity contribution in [3.05, 3.63) is 75.1 Å². The summed E-state index contributed by atoms with van der Waals surface area (Å²) in [4.78, 5) is 13.2. The molecule has 0 aliphatic carbocycles. The van der Waals surface area contributed by atoms with Crippen molar-refractivity contribution in [2.75, 3.05) is 6.26 Å². The van der Waals surface area contributed by atoms with Gasteiger partial charge in [0.15, 0.2) is 0 Å². The number of benzene rings is 2. The molecule has 0 N–H and O–H groups in total. The normalized spacial score (nSPS) is 11.0. The summed E-state index contributed by atoms with van der Waals surface area (Å²) in [6.07, 6.45) is 5.74. The third-order valence-corrected chi connectivity index (χ3v) is 4.51. The van der Waals surface area contributed by atoms with E-state index in [1.807, 2.05) is 67.8 Å². The average molecular weight is 333 g/mol. The van der Waals surface area contributed by atoms with Crippen molar-refractivity contribution in [3.63, 3.8) is 0 Å². The lowest BCUT2D eigenvalue weighted by Gasteiger charge is -2.05. The molecule has 3 rings (SSSR count). The van der Waals surface area contributed by atoms with E-state index in [0.29, 0.717) is 11.1 Å². The van der Waals surface area contributed by atoms with Crippen molar-refractivity contribution in [1.29, 1.82) is 5.26 Å². The third kappa shape index (κ3) is 3.12. The lowest BCUT2D eigenvalue weighted by atomic mass is 10.0. The predicted molar refractivity (Wildman–Crippen MR) is 99.1 cm³/mol. The van der Waals surface area contributed by atoms with Gasteiger partial charge in [-0.3, -0.25) is 0 Å². The second-order valence-electron chi connectivity index (χ2n) is 5.40. The minimum absolute atomic E-state index is 0.0325. The SMILES string of the molecule is CSc1ccc(/C=C/c2c(C#N)c(=O)oc3ccc(C)cc23)cc1. The topological polar surface area (TPSA) is 54.0 Å². The van der Waals surface area contributed by atoms with Crippen LogP contribution >= 0.6 is 11.8 Å². The van der Waals surface area contributed by atoms with Crippen LogP contribution in [0.15, 0.2) is 56.6 Å². The Morgan fingerprint density at radius 2 is 1.88 bits per heavy atom. The molecular weight excluding hydrogens is 318 g/mol. The molecular formula is C20H15NO2S. The van der Waals surface area contributed by atoms with Crippen molar-refractivity contribution in [3.8, 4) is 6.07 Å². The molecule has 0 aliphatic rings. The zero-order chi connectivity index (χ0) is 17.1. The summed E-state index contributed by atoms with van der Waals surface area (Å²) >= 11 is 1.68. The molecule has 118 valence electrons. The Balaban J connectivity index is 2.16. The van der Waals surface area contributed by atoms with Crippen LogP contribution < -0.4 is 5.63 Å². The number of aryl methyl sites for hydroxylation is 1. The van der Waals surface area contributed by atoms with Gasteiger partial charge in [0.1, 0.15) is 17.2 Å². The first-order valence-electron chi connectivity index (χ1n) is 7.42. The van der Waals surface area contributed by atoms with Crippen LogP contribution in [0.5, 0.6) is 0 Å². The van der Waals surface area contributed by atoms with E-state index in [2.05, 4.69) is 0 Å². The molecule has 0 saturated heterocycles. The molecule has 0 fully saturated rings. The Kier molecular flexibility index (Phi) is 4.54. The Hall–Kier alpha value is -2.77. The fourth-order valence-electron chi connectivity index (χ4n) is 2.51. The van der Waals surface area contributed by atoms with Crippen LogP contribution in [0.25, 0.3) is 23.1 Å². The molecule has 0 spiro atoms. The number of rotatable bonds is 3. The van der Waals surface area contributed by atoms with Gasteiger partial charge in [0.2, 0.25) is 0 Å². The van der Waals surface area contributed by atoms with E-state index in [9.17, 15) is 10.1 Å². The van der Waals surface area contributed by atoms with Gasteiger partial charge in [0.25, 0.3) is 0 Å². The molecule has 3 nitrogen and oxygen atoms in total. The van der Waals surface area contributed by atoms with Gasteiger partial charge in [-0.2, -0.15) is 5.26 Å². The van der Waals surface area contributed by atoms with E-state index >= 15 is 0 Å². The minimum atomic E-state index is -0.605. The van der Waals surface area contributed by atoms with Crippen LogP contribution in [0.2, 0.25) is 0 Å². The summed E-state index contributed by atoms with van der Waals surface area (Å²) in [6.45, 7) is 1.96. The maximum absolute atomic E-state index is 12.0. The number of hydrogen-bond acceptors (Lipinski definition) is 4. The second-order valence-corrected chi connectivity index (χ2v) is 6.28. The molecule has 0 aliphatic heterocycles. The highest BCUT2D eigenvalue weighted by Crippen LogP contribution is 2.24. The molecule has 1 heterocycles. The zero-order valence-corrected chi connectivity index (χ0v) is 14.2. The van der Waals surface area contributed by atoms with Gasteiger partial charge in [-0.25, -0.2) is 4.79 Å². The summed E-state index contributed by atoms with van der Waals surface area (Å²) < 4.78 is 5.25. The number of thioether (sulfide) groups is 1. The van der Waals surface area contributed by atoms with Crippen molar-refractivity contribution in [2.45, 2.75) is 11.8 Å². The van der Waals surface area contributed by atoms with E-state index in [-0.39, 0.29) is 5.56 Å². The Morgan fingerprint density at radius 1 is 1.12 bits per heavy atom. The third-order valence-electron chi connectivity index (χ3n) is 3.77. The summed E-state index contributed by atoms with van der Waals surface area (Å²) in [6, 6.07) is 15.6. The highest BCUT2D eigenvalue weighted by atomic mass is 32.2. The summed E-state index contributed by atoms with van der Waals surface area (Å²) in [5.41, 5.74) is 2.56. The van der Waals surface area contributed by atoms with Crippen LogP contribution in [-0.4, -0.2) is 6.26 Å². The Bertz CT molecular complexity index is 1020. The van der Waals surface area contributed by atoms with Gasteiger partial charge >= 0.3 is 5.63 Å². The fraction of sp³-hybridized carbons (Fsp3) is 0.100. The van der Waals surface area contributed by atoms with Gasteiger partial charge in [0.05, 0.1) is 0 Å². The quantitative estimate of drug-likeness (QED) is 0.507. The zero-order valence-electron chi connectivity index (χ0n) is 13.4. The minimum Gasteiger partial charge on any atom is -0.422 e. The van der Waals surface area contributed by atoms with E-state index in [4.69, 9.17) is 4.42 Å². The molecule has 0 amide bonds. The van der Waals surface area contributed by atoms with E-state index in [1.54, 1.807) is 17.8 Å². The smallest absolute Gasteiger partial charge is 0.354 e. The first-order chi connectivity index (χ1) is 11.6. The monoisotopic (exact) mass is 333 g/mol. The van der Waals surface area contributed by atoms with E-state index < -0.39 is 5.63 Å². The highest BCUT2D eigenvalue weighted by Gasteiger charge is 2.12.